The van der Waals surface area contributed by atoms with E-state index in [1.54, 1.807) is 18.2 Å². The first kappa shape index (κ1) is 20.5. The second kappa shape index (κ2) is 8.17. The van der Waals surface area contributed by atoms with Crippen LogP contribution in [-0.4, -0.2) is 24.9 Å². The van der Waals surface area contributed by atoms with Gasteiger partial charge in [0.15, 0.2) is 12.4 Å². The molecule has 0 saturated heterocycles. The number of ether oxygens (including phenoxy) is 2. The predicted octanol–water partition coefficient (Wildman–Crippen LogP) is 3.62. The van der Waals surface area contributed by atoms with Crippen LogP contribution < -0.4 is 19.5 Å². The molecule has 160 valence electrons. The van der Waals surface area contributed by atoms with Crippen molar-refractivity contribution < 1.29 is 32.2 Å². The summed E-state index contributed by atoms with van der Waals surface area (Å²) >= 11 is 0. The van der Waals surface area contributed by atoms with Gasteiger partial charge in [-0.15, -0.1) is 13.2 Å². The van der Waals surface area contributed by atoms with Gasteiger partial charge >= 0.3 is 6.36 Å². The Labute approximate surface area is 175 Å². The molecule has 1 atom stereocenters. The van der Waals surface area contributed by atoms with Crippen LogP contribution >= 0.6 is 0 Å². The highest BCUT2D eigenvalue weighted by atomic mass is 19.4. The third kappa shape index (κ3) is 5.06. The quantitative estimate of drug-likeness (QED) is 0.496. The molecule has 0 fully saturated rings. The molecule has 1 aliphatic rings. The maximum atomic E-state index is 12.5. The highest BCUT2D eigenvalue weighted by Crippen LogP contribution is 2.34. The van der Waals surface area contributed by atoms with Crippen molar-refractivity contribution in [3.05, 3.63) is 83.3 Å². The number of pyridine rings is 1. The minimum absolute atomic E-state index is 0.268. The van der Waals surface area contributed by atoms with Crippen molar-refractivity contribution in [2.75, 3.05) is 6.54 Å². The zero-order valence-electron chi connectivity index (χ0n) is 16.1. The Morgan fingerprint density at radius 3 is 2.61 bits per heavy atom. The SMILES string of the molecule is O=C(NC[C@H]1Cc2cc(-c3cccc(OC(F)(F)F)c3)ccc2O1)c1cc[n+]([O-])cc1. The first-order valence-electron chi connectivity index (χ1n) is 9.40. The van der Waals surface area contributed by atoms with Gasteiger partial charge in [0.1, 0.15) is 17.6 Å². The molecule has 0 radical (unpaired) electrons. The van der Waals surface area contributed by atoms with Crippen LogP contribution in [0.15, 0.2) is 67.0 Å². The Hall–Kier alpha value is -3.75. The number of amides is 1. The topological polar surface area (TPSA) is 74.5 Å². The van der Waals surface area contributed by atoms with Gasteiger partial charge < -0.3 is 20.0 Å². The lowest BCUT2D eigenvalue weighted by molar-refractivity contribution is -0.605. The van der Waals surface area contributed by atoms with E-state index in [1.807, 2.05) is 6.07 Å². The van der Waals surface area contributed by atoms with E-state index in [1.165, 1.54) is 42.7 Å². The fraction of sp³-hybridized carbons (Fsp3) is 0.182. The Morgan fingerprint density at radius 2 is 1.87 bits per heavy atom. The highest BCUT2D eigenvalue weighted by Gasteiger charge is 2.31. The number of alkyl halides is 3. The smallest absolute Gasteiger partial charge is 0.573 e. The first-order chi connectivity index (χ1) is 14.8. The average molecular weight is 430 g/mol. The monoisotopic (exact) mass is 430 g/mol. The van der Waals surface area contributed by atoms with Crippen LogP contribution in [0.2, 0.25) is 0 Å². The van der Waals surface area contributed by atoms with Gasteiger partial charge in [-0.3, -0.25) is 4.79 Å². The van der Waals surface area contributed by atoms with Gasteiger partial charge in [0.25, 0.3) is 5.91 Å². The molecule has 2 heterocycles. The molecule has 9 heteroatoms. The standard InChI is InChI=1S/C22H17F3N2O4/c23-22(24,25)31-18-3-1-2-15(11-18)16-4-5-20-17(10-16)12-19(30-20)13-26-21(28)14-6-8-27(29)9-7-14/h1-11,19H,12-13H2,(H,26,28)/t19-/m1/s1. The minimum Gasteiger partial charge on any atom is -0.619 e. The van der Waals surface area contributed by atoms with E-state index in [9.17, 15) is 23.2 Å². The Morgan fingerprint density at radius 1 is 1.13 bits per heavy atom. The summed E-state index contributed by atoms with van der Waals surface area (Å²) in [4.78, 5) is 12.2. The number of benzene rings is 2. The zero-order valence-corrected chi connectivity index (χ0v) is 16.1. The second-order valence-electron chi connectivity index (χ2n) is 7.00. The van der Waals surface area contributed by atoms with E-state index < -0.39 is 6.36 Å². The van der Waals surface area contributed by atoms with Crippen LogP contribution in [0.3, 0.4) is 0 Å². The molecule has 0 spiro atoms. The molecule has 2 aromatic carbocycles. The summed E-state index contributed by atoms with van der Waals surface area (Å²) in [6.07, 6.45) is -2.00. The molecule has 1 aromatic heterocycles. The lowest BCUT2D eigenvalue weighted by atomic mass is 10.0. The van der Waals surface area contributed by atoms with Crippen LogP contribution in [0, 0.1) is 5.21 Å². The van der Waals surface area contributed by atoms with E-state index >= 15 is 0 Å². The lowest BCUT2D eigenvalue weighted by Crippen LogP contribution is -2.35. The number of carbonyl (C=O) groups excluding carboxylic acids is 1. The van der Waals surface area contributed by atoms with Gasteiger partial charge in [-0.05, 0) is 41.0 Å². The summed E-state index contributed by atoms with van der Waals surface area (Å²) in [5.74, 6) is 0.0610. The van der Waals surface area contributed by atoms with E-state index in [0.29, 0.717) is 28.0 Å². The normalized spacial score (nSPS) is 15.1. The molecule has 0 saturated carbocycles. The van der Waals surface area contributed by atoms with Crippen molar-refractivity contribution >= 4 is 5.91 Å². The molecule has 31 heavy (non-hydrogen) atoms. The molecule has 6 nitrogen and oxygen atoms in total. The summed E-state index contributed by atoms with van der Waals surface area (Å²) in [5.41, 5.74) is 2.58. The zero-order chi connectivity index (χ0) is 22.0. The number of carbonyl (C=O) groups is 1. The predicted molar refractivity (Wildman–Crippen MR) is 104 cm³/mol. The first-order valence-corrected chi connectivity index (χ1v) is 9.40. The molecule has 1 aliphatic heterocycles. The van der Waals surface area contributed by atoms with Gasteiger partial charge in [0, 0.05) is 18.6 Å². The van der Waals surface area contributed by atoms with Gasteiger partial charge in [-0.1, -0.05) is 18.2 Å². The van der Waals surface area contributed by atoms with Gasteiger partial charge in [-0.25, -0.2) is 0 Å². The number of hydrogen-bond donors (Lipinski definition) is 1. The van der Waals surface area contributed by atoms with Crippen molar-refractivity contribution in [1.82, 2.24) is 5.32 Å². The van der Waals surface area contributed by atoms with E-state index in [0.717, 1.165) is 11.1 Å². The number of halogens is 3. The van der Waals surface area contributed by atoms with Crippen LogP contribution in [0.1, 0.15) is 15.9 Å². The third-order valence-electron chi connectivity index (χ3n) is 4.76. The van der Waals surface area contributed by atoms with E-state index in [4.69, 9.17) is 4.74 Å². The Kier molecular flexibility index (Phi) is 5.41. The Balaban J connectivity index is 1.41. The molecule has 0 aliphatic carbocycles. The maximum absolute atomic E-state index is 12.5. The number of aromatic nitrogens is 1. The molecular formula is C22H17F3N2O4. The molecule has 4 rings (SSSR count). The number of nitrogens with zero attached hydrogens (tertiary/aromatic N) is 1. The largest absolute Gasteiger partial charge is 0.619 e. The molecular weight excluding hydrogens is 413 g/mol. The maximum Gasteiger partial charge on any atom is 0.573 e. The molecule has 0 bridgehead atoms. The molecule has 1 amide bonds. The van der Waals surface area contributed by atoms with Gasteiger partial charge in [-0.2, -0.15) is 4.73 Å². The molecule has 1 N–H and O–H groups in total. The number of rotatable bonds is 5. The van der Waals surface area contributed by atoms with Crippen molar-refractivity contribution in [2.24, 2.45) is 0 Å². The van der Waals surface area contributed by atoms with Crippen LogP contribution in [0.5, 0.6) is 11.5 Å². The molecule has 3 aromatic rings. The summed E-state index contributed by atoms with van der Waals surface area (Å²) in [7, 11) is 0. The fourth-order valence-electron chi connectivity index (χ4n) is 3.36. The molecule has 0 unspecified atom stereocenters. The number of nitrogens with one attached hydrogen (secondary N) is 1. The average Bonchev–Trinajstić information content (AvgIpc) is 3.13. The summed E-state index contributed by atoms with van der Waals surface area (Å²) in [6, 6.07) is 14.0. The third-order valence-corrected chi connectivity index (χ3v) is 4.76. The highest BCUT2D eigenvalue weighted by molar-refractivity contribution is 5.93. The van der Waals surface area contributed by atoms with Crippen LogP contribution in [0.4, 0.5) is 13.2 Å². The van der Waals surface area contributed by atoms with Crippen molar-refractivity contribution in [2.45, 2.75) is 18.9 Å². The minimum atomic E-state index is -4.75. The van der Waals surface area contributed by atoms with E-state index in [2.05, 4.69) is 10.1 Å². The summed E-state index contributed by atoms with van der Waals surface area (Å²) in [6.45, 7) is 0.268. The van der Waals surface area contributed by atoms with Gasteiger partial charge in [0.2, 0.25) is 0 Å². The van der Waals surface area contributed by atoms with Gasteiger partial charge in [0.05, 0.1) is 12.1 Å². The summed E-state index contributed by atoms with van der Waals surface area (Å²) < 4.78 is 47.8. The Bertz CT molecular complexity index is 1100. The van der Waals surface area contributed by atoms with Crippen LogP contribution in [-0.2, 0) is 6.42 Å². The van der Waals surface area contributed by atoms with Crippen LogP contribution in [0.25, 0.3) is 11.1 Å². The van der Waals surface area contributed by atoms with E-state index in [-0.39, 0.29) is 24.3 Å². The summed E-state index contributed by atoms with van der Waals surface area (Å²) in [5, 5.41) is 13.8. The second-order valence-corrected chi connectivity index (χ2v) is 7.00. The van der Waals surface area contributed by atoms with Crippen molar-refractivity contribution in [3.8, 4) is 22.6 Å². The lowest BCUT2D eigenvalue weighted by Gasteiger charge is -2.12. The van der Waals surface area contributed by atoms with Crippen molar-refractivity contribution in [1.29, 1.82) is 0 Å². The fourth-order valence-corrected chi connectivity index (χ4v) is 3.36. The number of fused-ring (bicyclic) bond motifs is 1. The number of hydrogen-bond acceptors (Lipinski definition) is 4. The van der Waals surface area contributed by atoms with Crippen molar-refractivity contribution in [3.63, 3.8) is 0 Å².